The molecule has 0 saturated heterocycles. The molecule has 1 amide bonds. The molecule has 2 N–H and O–H groups in total. The van der Waals surface area contributed by atoms with Crippen LogP contribution in [0.2, 0.25) is 0 Å². The number of benzene rings is 3. The van der Waals surface area contributed by atoms with Crippen LogP contribution in [0, 0.1) is 0 Å². The van der Waals surface area contributed by atoms with Crippen LogP contribution in [0.4, 0.5) is 18.9 Å². The first-order valence-electron chi connectivity index (χ1n) is 12.3. The first-order chi connectivity index (χ1) is 18.8. The number of amides is 1. The van der Waals surface area contributed by atoms with Gasteiger partial charge in [0.1, 0.15) is 0 Å². The van der Waals surface area contributed by atoms with E-state index < -0.39 is 17.7 Å². The van der Waals surface area contributed by atoms with Crippen molar-refractivity contribution in [1.82, 2.24) is 4.98 Å². The van der Waals surface area contributed by atoms with E-state index >= 15 is 0 Å². The summed E-state index contributed by atoms with van der Waals surface area (Å²) in [6, 6.07) is 20.2. The van der Waals surface area contributed by atoms with Crippen LogP contribution in [-0.2, 0) is 21.2 Å². The normalized spacial score (nSPS) is 11.8. The Morgan fingerprint density at radius 3 is 1.93 bits per heavy atom. The van der Waals surface area contributed by atoms with Gasteiger partial charge in [-0.2, -0.15) is 13.2 Å². The Morgan fingerprint density at radius 1 is 0.800 bits per heavy atom. The maximum Gasteiger partial charge on any atom is 0.416 e. The fourth-order valence-corrected chi connectivity index (χ4v) is 3.62. The van der Waals surface area contributed by atoms with Gasteiger partial charge >= 0.3 is 12.1 Å². The summed E-state index contributed by atoms with van der Waals surface area (Å²) in [6.45, 7) is 6.56. The van der Waals surface area contributed by atoms with Crippen LogP contribution < -0.4 is 5.32 Å². The number of aromatic nitrogens is 1. The number of nitrogens with zero attached hydrogens (tertiary/aromatic N) is 1. The fourth-order valence-electron chi connectivity index (χ4n) is 3.62. The molecule has 1 heterocycles. The molecule has 0 aliphatic carbocycles. The van der Waals surface area contributed by atoms with Crippen molar-refractivity contribution in [2.45, 2.75) is 32.4 Å². The summed E-state index contributed by atoms with van der Waals surface area (Å²) in [5, 5.41) is 13.2. The monoisotopic (exact) mass is 546 g/mol. The summed E-state index contributed by atoms with van der Waals surface area (Å²) in [4.78, 5) is 26.5. The van der Waals surface area contributed by atoms with E-state index in [9.17, 15) is 22.8 Å². The molecule has 0 unspecified atom stereocenters. The highest BCUT2D eigenvalue weighted by Gasteiger charge is 2.29. The number of halogens is 3. The third-order valence-corrected chi connectivity index (χ3v) is 5.80. The van der Waals surface area contributed by atoms with Crippen molar-refractivity contribution >= 4 is 40.5 Å². The minimum atomic E-state index is -4.37. The Bertz CT molecular complexity index is 1510. The van der Waals surface area contributed by atoms with Crippen LogP contribution in [-0.4, -0.2) is 22.0 Å². The molecule has 3 aromatic carbocycles. The summed E-state index contributed by atoms with van der Waals surface area (Å²) in [5.74, 6) is -1.29. The van der Waals surface area contributed by atoms with Crippen LogP contribution in [0.5, 0.6) is 0 Å². The molecule has 0 saturated carbocycles. The molecule has 0 bridgehead atoms. The van der Waals surface area contributed by atoms with Crippen LogP contribution in [0.3, 0.4) is 0 Å². The third-order valence-electron chi connectivity index (χ3n) is 5.80. The molecular weight excluding hydrogens is 517 g/mol. The standard InChI is InChI=1S/C22H22N2O.C10H7F3O2/c1-22(2,3)18-10-7-16(8-11-18)9-12-21(25)24-20-6-4-5-17-15-23-14-13-19(17)20;11-10(12,13)8-4-1-7(2-5-8)3-6-9(14)15/h4-15H,1-3H3,(H,24,25);1-6H,(H,14,15). The average Bonchev–Trinajstić information content (AvgIpc) is 2.91. The average molecular weight is 547 g/mol. The molecule has 0 spiro atoms. The van der Waals surface area contributed by atoms with Crippen molar-refractivity contribution in [2.75, 3.05) is 5.32 Å². The first-order valence-corrected chi connectivity index (χ1v) is 12.3. The number of anilines is 1. The summed E-state index contributed by atoms with van der Waals surface area (Å²) >= 11 is 0. The van der Waals surface area contributed by atoms with E-state index in [-0.39, 0.29) is 11.3 Å². The van der Waals surface area contributed by atoms with E-state index in [0.717, 1.165) is 40.2 Å². The van der Waals surface area contributed by atoms with Crippen LogP contribution in [0.1, 0.15) is 43.0 Å². The van der Waals surface area contributed by atoms with Gasteiger partial charge in [-0.1, -0.05) is 69.3 Å². The number of carboxylic acids is 1. The maximum atomic E-state index is 12.2. The highest BCUT2D eigenvalue weighted by molar-refractivity contribution is 6.07. The second-order valence-electron chi connectivity index (χ2n) is 9.89. The second kappa shape index (κ2) is 12.9. The summed E-state index contributed by atoms with van der Waals surface area (Å²) in [7, 11) is 0. The number of rotatable bonds is 5. The number of carboxylic acid groups (broad SMARTS) is 1. The molecule has 0 atom stereocenters. The molecule has 4 aromatic rings. The Balaban J connectivity index is 0.000000252. The van der Waals surface area contributed by atoms with Gasteiger partial charge < -0.3 is 10.4 Å². The van der Waals surface area contributed by atoms with Gasteiger partial charge in [0.15, 0.2) is 0 Å². The van der Waals surface area contributed by atoms with E-state index in [1.54, 1.807) is 18.5 Å². The van der Waals surface area contributed by atoms with Crippen LogP contribution in [0.25, 0.3) is 22.9 Å². The lowest BCUT2D eigenvalue weighted by atomic mass is 9.87. The lowest BCUT2D eigenvalue weighted by Crippen LogP contribution is -2.10. The minimum Gasteiger partial charge on any atom is -0.478 e. The zero-order valence-corrected chi connectivity index (χ0v) is 22.2. The SMILES string of the molecule is CC(C)(C)c1ccc(C=CC(=O)Nc2cccc3cnccc23)cc1.O=C(O)C=Cc1ccc(C(F)(F)F)cc1. The summed E-state index contributed by atoms with van der Waals surface area (Å²) < 4.78 is 36.4. The quantitative estimate of drug-likeness (QED) is 0.249. The Morgan fingerprint density at radius 2 is 1.38 bits per heavy atom. The van der Waals surface area contributed by atoms with Crippen molar-refractivity contribution in [3.05, 3.63) is 120 Å². The molecule has 0 fully saturated rings. The topological polar surface area (TPSA) is 79.3 Å². The number of hydrogen-bond donors (Lipinski definition) is 2. The van der Waals surface area contributed by atoms with Crippen LogP contribution in [0.15, 0.2) is 97.3 Å². The van der Waals surface area contributed by atoms with Gasteiger partial charge in [-0.3, -0.25) is 9.78 Å². The second-order valence-corrected chi connectivity index (χ2v) is 9.89. The molecule has 0 aliphatic heterocycles. The van der Waals surface area contributed by atoms with Crippen LogP contribution >= 0.6 is 0 Å². The first kappa shape index (κ1) is 29.8. The van der Waals surface area contributed by atoms with Gasteiger partial charge in [0, 0.05) is 41.0 Å². The molecule has 4 rings (SSSR count). The van der Waals surface area contributed by atoms with Gasteiger partial charge in [0.25, 0.3) is 0 Å². The number of alkyl halides is 3. The maximum absolute atomic E-state index is 12.2. The number of carbonyl (C=O) groups excluding carboxylic acids is 1. The molecule has 0 radical (unpaired) electrons. The lowest BCUT2D eigenvalue weighted by Gasteiger charge is -2.18. The number of fused-ring (bicyclic) bond motifs is 1. The van der Waals surface area contributed by atoms with Crippen molar-refractivity contribution < 1.29 is 27.9 Å². The van der Waals surface area contributed by atoms with Gasteiger partial charge in [-0.05, 0) is 58.5 Å². The zero-order chi connectivity index (χ0) is 29.3. The largest absolute Gasteiger partial charge is 0.478 e. The van der Waals surface area contributed by atoms with E-state index in [2.05, 4.69) is 43.2 Å². The smallest absolute Gasteiger partial charge is 0.416 e. The molecular formula is C32H29F3N2O3. The number of hydrogen-bond acceptors (Lipinski definition) is 3. The Hall–Kier alpha value is -4.72. The van der Waals surface area contributed by atoms with E-state index in [4.69, 9.17) is 5.11 Å². The number of pyridine rings is 1. The molecule has 206 valence electrons. The lowest BCUT2D eigenvalue weighted by molar-refractivity contribution is -0.137. The van der Waals surface area contributed by atoms with Crippen molar-refractivity contribution in [1.29, 1.82) is 0 Å². The Kier molecular flexibility index (Phi) is 9.61. The van der Waals surface area contributed by atoms with Crippen molar-refractivity contribution in [3.63, 3.8) is 0 Å². The van der Waals surface area contributed by atoms with Gasteiger partial charge in [0.05, 0.1) is 5.56 Å². The van der Waals surface area contributed by atoms with Crippen molar-refractivity contribution in [3.8, 4) is 0 Å². The Labute approximate surface area is 230 Å². The molecule has 0 aliphatic rings. The molecule has 1 aromatic heterocycles. The van der Waals surface area contributed by atoms with E-state index in [1.165, 1.54) is 23.8 Å². The molecule has 40 heavy (non-hydrogen) atoms. The van der Waals surface area contributed by atoms with E-state index in [0.29, 0.717) is 5.56 Å². The zero-order valence-electron chi connectivity index (χ0n) is 22.2. The number of aliphatic carboxylic acids is 1. The third kappa shape index (κ3) is 8.94. The predicted molar refractivity (Wildman–Crippen MR) is 153 cm³/mol. The van der Waals surface area contributed by atoms with Crippen molar-refractivity contribution in [2.24, 2.45) is 0 Å². The molecule has 5 nitrogen and oxygen atoms in total. The number of carbonyl (C=O) groups is 2. The van der Waals surface area contributed by atoms with E-state index in [1.807, 2.05) is 42.5 Å². The minimum absolute atomic E-state index is 0.128. The summed E-state index contributed by atoms with van der Waals surface area (Å²) in [5.41, 5.74) is 2.85. The predicted octanol–water partition coefficient (Wildman–Crippen LogP) is 7.99. The highest BCUT2D eigenvalue weighted by Crippen LogP contribution is 2.29. The highest BCUT2D eigenvalue weighted by atomic mass is 19.4. The van der Waals surface area contributed by atoms with Gasteiger partial charge in [-0.15, -0.1) is 0 Å². The fraction of sp³-hybridized carbons (Fsp3) is 0.156. The summed E-state index contributed by atoms with van der Waals surface area (Å²) in [6.07, 6.45) is 4.63. The number of nitrogens with one attached hydrogen (secondary N) is 1. The molecule has 8 heteroatoms. The van der Waals surface area contributed by atoms with Gasteiger partial charge in [-0.25, -0.2) is 4.79 Å². The van der Waals surface area contributed by atoms with Gasteiger partial charge in [0.2, 0.25) is 5.91 Å².